The first-order valence-corrected chi connectivity index (χ1v) is 14.3. The van der Waals surface area contributed by atoms with Gasteiger partial charge in [-0.2, -0.15) is 0 Å². The Hall–Kier alpha value is -3.47. The summed E-state index contributed by atoms with van der Waals surface area (Å²) in [4.78, 5) is 18.3. The van der Waals surface area contributed by atoms with Crippen molar-refractivity contribution < 1.29 is 9.18 Å². The van der Waals surface area contributed by atoms with Gasteiger partial charge in [0.1, 0.15) is 5.82 Å². The molecule has 4 aromatic carbocycles. The van der Waals surface area contributed by atoms with Crippen molar-refractivity contribution in [3.05, 3.63) is 141 Å². The SMILES string of the molecule is Cc1ccc(Cl)c(C2c3ccccc3CCN2CC(=O)N(Cc2ccccc2F)C(C)Cc2ccccc2C)c1. The maximum atomic E-state index is 14.8. The number of aryl methyl sites for hydroxylation is 2. The number of rotatable bonds is 8. The van der Waals surface area contributed by atoms with Crippen LogP contribution in [0.5, 0.6) is 0 Å². The third kappa shape index (κ3) is 6.14. The van der Waals surface area contributed by atoms with Crippen molar-refractivity contribution in [2.24, 2.45) is 0 Å². The van der Waals surface area contributed by atoms with E-state index in [0.29, 0.717) is 17.0 Å². The third-order valence-electron chi connectivity index (χ3n) is 8.10. The number of nitrogens with zero attached hydrogens (tertiary/aromatic N) is 2. The molecule has 40 heavy (non-hydrogen) atoms. The lowest BCUT2D eigenvalue weighted by Crippen LogP contribution is -2.47. The van der Waals surface area contributed by atoms with Gasteiger partial charge in [-0.05, 0) is 73.6 Å². The lowest BCUT2D eigenvalue weighted by molar-refractivity contribution is -0.135. The van der Waals surface area contributed by atoms with E-state index in [9.17, 15) is 9.18 Å². The van der Waals surface area contributed by atoms with Crippen LogP contribution in [0.1, 0.15) is 51.9 Å². The second-order valence-electron chi connectivity index (χ2n) is 10.9. The summed E-state index contributed by atoms with van der Waals surface area (Å²) >= 11 is 6.78. The molecule has 0 N–H and O–H groups in total. The normalized spacial score (nSPS) is 15.9. The number of carbonyl (C=O) groups is 1. The monoisotopic (exact) mass is 554 g/mol. The fraction of sp³-hybridized carbons (Fsp3) is 0.286. The van der Waals surface area contributed by atoms with Gasteiger partial charge in [0.05, 0.1) is 12.6 Å². The second kappa shape index (κ2) is 12.4. The Morgan fingerprint density at radius 1 is 0.950 bits per heavy atom. The molecule has 2 atom stereocenters. The molecule has 5 rings (SSSR count). The molecule has 0 saturated carbocycles. The van der Waals surface area contributed by atoms with Crippen molar-refractivity contribution in [1.29, 1.82) is 0 Å². The van der Waals surface area contributed by atoms with E-state index in [1.807, 2.05) is 35.2 Å². The largest absolute Gasteiger partial charge is 0.334 e. The fourth-order valence-electron chi connectivity index (χ4n) is 5.86. The van der Waals surface area contributed by atoms with Gasteiger partial charge in [0.15, 0.2) is 0 Å². The molecular formula is C35H36ClFN2O. The number of amides is 1. The highest BCUT2D eigenvalue weighted by Crippen LogP contribution is 2.38. The molecule has 0 radical (unpaired) electrons. The number of halogens is 2. The van der Waals surface area contributed by atoms with Gasteiger partial charge in [0.25, 0.3) is 0 Å². The first-order chi connectivity index (χ1) is 19.3. The van der Waals surface area contributed by atoms with Crippen LogP contribution in [-0.4, -0.2) is 34.8 Å². The Morgan fingerprint density at radius 3 is 2.42 bits per heavy atom. The summed E-state index contributed by atoms with van der Waals surface area (Å²) in [6.45, 7) is 7.39. The molecule has 0 fully saturated rings. The van der Waals surface area contributed by atoms with Crippen LogP contribution < -0.4 is 0 Å². The quantitative estimate of drug-likeness (QED) is 0.223. The molecule has 0 saturated heterocycles. The molecule has 2 unspecified atom stereocenters. The molecular weight excluding hydrogens is 519 g/mol. The molecule has 4 aromatic rings. The van der Waals surface area contributed by atoms with Gasteiger partial charge < -0.3 is 4.90 Å². The molecule has 0 bridgehead atoms. The van der Waals surface area contributed by atoms with Crippen LogP contribution in [0, 0.1) is 19.7 Å². The molecule has 3 nitrogen and oxygen atoms in total. The first-order valence-electron chi connectivity index (χ1n) is 14.0. The van der Waals surface area contributed by atoms with Crippen molar-refractivity contribution >= 4 is 17.5 Å². The van der Waals surface area contributed by atoms with Crippen molar-refractivity contribution in [2.45, 2.75) is 52.2 Å². The summed E-state index contributed by atoms with van der Waals surface area (Å²) in [5, 5.41) is 0.695. The molecule has 0 aromatic heterocycles. The van der Waals surface area contributed by atoms with Crippen LogP contribution in [0.3, 0.4) is 0 Å². The van der Waals surface area contributed by atoms with Crippen molar-refractivity contribution in [1.82, 2.24) is 9.80 Å². The highest BCUT2D eigenvalue weighted by Gasteiger charge is 2.33. The van der Waals surface area contributed by atoms with E-state index >= 15 is 0 Å². The zero-order chi connectivity index (χ0) is 28.2. The minimum absolute atomic E-state index is 0.0162. The molecule has 1 aliphatic heterocycles. The number of hydrogen-bond acceptors (Lipinski definition) is 2. The lowest BCUT2D eigenvalue weighted by atomic mass is 9.87. The summed E-state index contributed by atoms with van der Waals surface area (Å²) < 4.78 is 14.8. The van der Waals surface area contributed by atoms with Crippen LogP contribution in [-0.2, 0) is 24.2 Å². The van der Waals surface area contributed by atoms with E-state index in [1.165, 1.54) is 28.3 Å². The van der Waals surface area contributed by atoms with Crippen LogP contribution >= 0.6 is 11.6 Å². The molecule has 0 spiro atoms. The van der Waals surface area contributed by atoms with Gasteiger partial charge in [-0.3, -0.25) is 9.69 Å². The Morgan fingerprint density at radius 2 is 1.65 bits per heavy atom. The summed E-state index contributed by atoms with van der Waals surface area (Å²) in [7, 11) is 0. The first kappa shape index (κ1) is 28.1. The van der Waals surface area contributed by atoms with Crippen molar-refractivity contribution in [3.63, 3.8) is 0 Å². The standard InChI is InChI=1S/C35H36ClFN2O/c1-24-16-17-32(36)31(20-24)35-30-14-8-6-11-27(30)18-19-38(35)23-34(40)39(22-29-13-7-9-15-33(29)37)26(3)21-28-12-5-4-10-25(28)2/h4-17,20,26,35H,18-19,21-23H2,1-3H3. The van der Waals surface area contributed by atoms with Crippen LogP contribution in [0.4, 0.5) is 4.39 Å². The van der Waals surface area contributed by atoms with Gasteiger partial charge >= 0.3 is 0 Å². The summed E-state index contributed by atoms with van der Waals surface area (Å²) in [6, 6.07) is 29.2. The van der Waals surface area contributed by atoms with E-state index in [-0.39, 0.29) is 36.9 Å². The van der Waals surface area contributed by atoms with Gasteiger partial charge in [-0.25, -0.2) is 4.39 Å². The number of fused-ring (bicyclic) bond motifs is 1. The predicted molar refractivity (Wildman–Crippen MR) is 161 cm³/mol. The van der Waals surface area contributed by atoms with Crippen molar-refractivity contribution in [2.75, 3.05) is 13.1 Å². The highest BCUT2D eigenvalue weighted by atomic mass is 35.5. The second-order valence-corrected chi connectivity index (χ2v) is 11.3. The molecule has 1 heterocycles. The van der Waals surface area contributed by atoms with Crippen LogP contribution in [0.15, 0.2) is 91.0 Å². The Bertz CT molecular complexity index is 1500. The maximum Gasteiger partial charge on any atom is 0.237 e. The Balaban J connectivity index is 1.48. The fourth-order valence-corrected chi connectivity index (χ4v) is 6.08. The Labute approximate surface area is 242 Å². The zero-order valence-corrected chi connectivity index (χ0v) is 24.2. The molecule has 0 aliphatic carbocycles. The average Bonchev–Trinajstić information content (AvgIpc) is 2.95. The van der Waals surface area contributed by atoms with E-state index in [0.717, 1.165) is 24.1 Å². The molecule has 1 amide bonds. The third-order valence-corrected chi connectivity index (χ3v) is 8.44. The smallest absolute Gasteiger partial charge is 0.237 e. The highest BCUT2D eigenvalue weighted by molar-refractivity contribution is 6.31. The average molecular weight is 555 g/mol. The number of carbonyl (C=O) groups excluding carboxylic acids is 1. The summed E-state index contributed by atoms with van der Waals surface area (Å²) in [5.74, 6) is -0.308. The molecule has 1 aliphatic rings. The maximum absolute atomic E-state index is 14.8. The van der Waals surface area contributed by atoms with E-state index in [4.69, 9.17) is 11.6 Å². The molecule has 5 heteroatoms. The van der Waals surface area contributed by atoms with Crippen molar-refractivity contribution in [3.8, 4) is 0 Å². The van der Waals surface area contributed by atoms with Gasteiger partial charge in [-0.15, -0.1) is 0 Å². The minimum Gasteiger partial charge on any atom is -0.334 e. The summed E-state index contributed by atoms with van der Waals surface area (Å²) in [5.41, 5.74) is 7.51. The van der Waals surface area contributed by atoms with Gasteiger partial charge in [0, 0.05) is 29.7 Å². The number of benzene rings is 4. The number of hydrogen-bond donors (Lipinski definition) is 0. The summed E-state index contributed by atoms with van der Waals surface area (Å²) in [6.07, 6.45) is 1.55. The zero-order valence-electron chi connectivity index (χ0n) is 23.4. The van der Waals surface area contributed by atoms with Crippen LogP contribution in [0.2, 0.25) is 5.02 Å². The van der Waals surface area contributed by atoms with Gasteiger partial charge in [-0.1, -0.05) is 96.0 Å². The topological polar surface area (TPSA) is 23.6 Å². The lowest BCUT2D eigenvalue weighted by Gasteiger charge is -2.39. The van der Waals surface area contributed by atoms with Gasteiger partial charge in [0.2, 0.25) is 5.91 Å². The minimum atomic E-state index is -0.292. The van der Waals surface area contributed by atoms with E-state index in [1.54, 1.807) is 12.1 Å². The van der Waals surface area contributed by atoms with Crippen LogP contribution in [0.25, 0.3) is 0 Å². The predicted octanol–water partition coefficient (Wildman–Crippen LogP) is 7.70. The molecule has 206 valence electrons. The van der Waals surface area contributed by atoms with E-state index < -0.39 is 0 Å². The Kier molecular flexibility index (Phi) is 8.68. The van der Waals surface area contributed by atoms with E-state index in [2.05, 4.69) is 68.1 Å².